The van der Waals surface area contributed by atoms with Crippen LogP contribution in [0.5, 0.6) is 0 Å². The van der Waals surface area contributed by atoms with Gasteiger partial charge >= 0.3 is 5.97 Å². The van der Waals surface area contributed by atoms with Gasteiger partial charge in [0.25, 0.3) is 0 Å². The second kappa shape index (κ2) is 10.0. The number of carbonyl (C=O) groups is 1. The van der Waals surface area contributed by atoms with Gasteiger partial charge in [-0.2, -0.15) is 9.61 Å². The molecule has 6 rings (SSSR count). The van der Waals surface area contributed by atoms with Crippen LogP contribution in [0.4, 0.5) is 5.82 Å². The minimum absolute atomic E-state index is 0.271. The third kappa shape index (κ3) is 4.26. The quantitative estimate of drug-likeness (QED) is 0.280. The summed E-state index contributed by atoms with van der Waals surface area (Å²) in [6.07, 6.45) is 9.03. The van der Waals surface area contributed by atoms with E-state index >= 15 is 0 Å². The number of esters is 1. The van der Waals surface area contributed by atoms with Gasteiger partial charge in [0.1, 0.15) is 23.3 Å². The Morgan fingerprint density at radius 1 is 1.16 bits per heavy atom. The van der Waals surface area contributed by atoms with Crippen LogP contribution in [0, 0.1) is 0 Å². The molecule has 0 saturated heterocycles. The molecule has 0 N–H and O–H groups in total. The normalized spacial score (nSPS) is 13.4. The van der Waals surface area contributed by atoms with Gasteiger partial charge in [0.05, 0.1) is 30.8 Å². The van der Waals surface area contributed by atoms with Crippen LogP contribution in [0.15, 0.2) is 73.4 Å². The molecule has 0 bridgehead atoms. The van der Waals surface area contributed by atoms with E-state index in [1.165, 1.54) is 6.20 Å². The lowest BCUT2D eigenvalue weighted by atomic mass is 10.1. The van der Waals surface area contributed by atoms with Gasteiger partial charge in [-0.3, -0.25) is 0 Å². The molecule has 9 heteroatoms. The maximum atomic E-state index is 12.8. The summed E-state index contributed by atoms with van der Waals surface area (Å²) < 4.78 is 14.7. The number of anilines is 1. The molecule has 1 aliphatic heterocycles. The lowest BCUT2D eigenvalue weighted by Gasteiger charge is -2.21. The molecule has 0 unspecified atom stereocenters. The molecule has 0 radical (unpaired) electrons. The van der Waals surface area contributed by atoms with Gasteiger partial charge in [0, 0.05) is 43.0 Å². The van der Waals surface area contributed by atoms with Crippen molar-refractivity contribution in [3.8, 4) is 11.3 Å². The first-order valence-electron chi connectivity index (χ1n) is 12.7. The van der Waals surface area contributed by atoms with E-state index in [1.807, 2.05) is 49.7 Å². The van der Waals surface area contributed by atoms with Gasteiger partial charge in [-0.15, -0.1) is 0 Å². The summed E-state index contributed by atoms with van der Waals surface area (Å²) in [5.74, 6) is 0.354. The maximum absolute atomic E-state index is 12.8. The van der Waals surface area contributed by atoms with Crippen molar-refractivity contribution in [1.82, 2.24) is 24.1 Å². The molecule has 4 aromatic heterocycles. The topological polar surface area (TPSA) is 86.8 Å². The number of ether oxygens (including phenoxy) is 2. The zero-order valence-electron chi connectivity index (χ0n) is 21.4. The monoisotopic (exact) mass is 508 g/mol. The molecule has 5 aromatic rings. The minimum atomic E-state index is -0.447. The van der Waals surface area contributed by atoms with Gasteiger partial charge in [-0.25, -0.2) is 14.8 Å². The molecule has 0 amide bonds. The molecule has 0 aliphatic carbocycles. The van der Waals surface area contributed by atoms with Gasteiger partial charge in [-0.05, 0) is 37.5 Å². The number of hydrogen-bond acceptors (Lipinski definition) is 7. The second-order valence-corrected chi connectivity index (χ2v) is 9.23. The zero-order chi connectivity index (χ0) is 26.1. The van der Waals surface area contributed by atoms with E-state index in [0.717, 1.165) is 53.1 Å². The number of pyridine rings is 1. The van der Waals surface area contributed by atoms with Crippen molar-refractivity contribution in [2.75, 3.05) is 25.2 Å². The van der Waals surface area contributed by atoms with E-state index < -0.39 is 5.97 Å². The van der Waals surface area contributed by atoms with E-state index in [-0.39, 0.29) is 6.61 Å². The minimum Gasteiger partial charge on any atom is -0.499 e. The SMILES string of the molecule is CCOC(=O)c1cnn2c(N(C)Cc3ccccc3)cc(-c3cn(C4=COCCC4)c4ncccc34)nc12. The van der Waals surface area contributed by atoms with Gasteiger partial charge in [0.15, 0.2) is 5.65 Å². The number of benzene rings is 1. The van der Waals surface area contributed by atoms with Crippen LogP contribution < -0.4 is 4.90 Å². The average molecular weight is 509 g/mol. The standard InChI is InChI=1S/C29H28N6O3/c1-3-38-29(36)23-16-31-35-26(33(2)17-20-9-5-4-6-10-20)15-25(32-28(23)35)24-18-34(21-11-8-14-37-19-21)27-22(24)12-7-13-30-27/h4-7,9-10,12-13,15-16,18-19H,3,8,11,14,17H2,1-2H3. The molecule has 0 atom stereocenters. The summed E-state index contributed by atoms with van der Waals surface area (Å²) in [5, 5.41) is 5.49. The summed E-state index contributed by atoms with van der Waals surface area (Å²) in [5.41, 5.74) is 5.43. The van der Waals surface area contributed by atoms with Crippen LogP contribution in [0.3, 0.4) is 0 Å². The summed E-state index contributed by atoms with van der Waals surface area (Å²) in [4.78, 5) is 24.5. The first-order valence-corrected chi connectivity index (χ1v) is 12.7. The number of allylic oxidation sites excluding steroid dienone is 1. The molecule has 0 saturated carbocycles. The lowest BCUT2D eigenvalue weighted by molar-refractivity contribution is 0.0528. The predicted molar refractivity (Wildman–Crippen MR) is 146 cm³/mol. The van der Waals surface area contributed by atoms with Gasteiger partial charge < -0.3 is 18.9 Å². The Morgan fingerprint density at radius 2 is 2.03 bits per heavy atom. The van der Waals surface area contributed by atoms with E-state index in [2.05, 4.69) is 37.9 Å². The smallest absolute Gasteiger partial charge is 0.343 e. The molecule has 192 valence electrons. The second-order valence-electron chi connectivity index (χ2n) is 9.23. The molecule has 0 spiro atoms. The van der Waals surface area contributed by atoms with E-state index in [4.69, 9.17) is 14.5 Å². The van der Waals surface area contributed by atoms with Crippen LogP contribution in [0.1, 0.15) is 35.7 Å². The van der Waals surface area contributed by atoms with Gasteiger partial charge in [0.2, 0.25) is 0 Å². The highest BCUT2D eigenvalue weighted by Gasteiger charge is 2.23. The van der Waals surface area contributed by atoms with Crippen molar-refractivity contribution in [2.24, 2.45) is 0 Å². The van der Waals surface area contributed by atoms with E-state index in [9.17, 15) is 4.79 Å². The van der Waals surface area contributed by atoms with Crippen LogP contribution >= 0.6 is 0 Å². The Balaban J connectivity index is 1.54. The van der Waals surface area contributed by atoms with Crippen molar-refractivity contribution in [2.45, 2.75) is 26.3 Å². The highest BCUT2D eigenvalue weighted by atomic mass is 16.5. The molecule has 1 aromatic carbocycles. The van der Waals surface area contributed by atoms with E-state index in [1.54, 1.807) is 17.6 Å². The van der Waals surface area contributed by atoms with Crippen molar-refractivity contribution in [3.63, 3.8) is 0 Å². The Hall–Kier alpha value is -4.66. The van der Waals surface area contributed by atoms with Crippen LogP contribution in [-0.2, 0) is 16.0 Å². The number of aromatic nitrogens is 5. The molecule has 5 heterocycles. The van der Waals surface area contributed by atoms with Crippen molar-refractivity contribution in [1.29, 1.82) is 0 Å². The fourth-order valence-electron chi connectivity index (χ4n) is 4.86. The zero-order valence-corrected chi connectivity index (χ0v) is 21.4. The first-order chi connectivity index (χ1) is 18.6. The molecular formula is C29H28N6O3. The number of carbonyl (C=O) groups excluding carboxylic acids is 1. The molecular weight excluding hydrogens is 480 g/mol. The van der Waals surface area contributed by atoms with Crippen LogP contribution in [0.25, 0.3) is 33.6 Å². The third-order valence-corrected chi connectivity index (χ3v) is 6.67. The van der Waals surface area contributed by atoms with Crippen molar-refractivity contribution >= 4 is 34.2 Å². The molecule has 38 heavy (non-hydrogen) atoms. The summed E-state index contributed by atoms with van der Waals surface area (Å²) in [6.45, 7) is 3.43. The Bertz CT molecular complexity index is 1650. The Labute approximate surface area is 219 Å². The highest BCUT2D eigenvalue weighted by molar-refractivity contribution is 5.98. The summed E-state index contributed by atoms with van der Waals surface area (Å²) in [7, 11) is 2.01. The largest absolute Gasteiger partial charge is 0.499 e. The number of nitrogens with zero attached hydrogens (tertiary/aromatic N) is 6. The fourth-order valence-corrected chi connectivity index (χ4v) is 4.86. The fraction of sp³-hybridized carbons (Fsp3) is 0.241. The maximum Gasteiger partial charge on any atom is 0.343 e. The lowest BCUT2D eigenvalue weighted by Crippen LogP contribution is -2.20. The van der Waals surface area contributed by atoms with E-state index in [0.29, 0.717) is 23.4 Å². The highest BCUT2D eigenvalue weighted by Crippen LogP contribution is 2.34. The molecule has 0 fully saturated rings. The average Bonchev–Trinajstić information content (AvgIpc) is 3.56. The summed E-state index contributed by atoms with van der Waals surface area (Å²) >= 11 is 0. The van der Waals surface area contributed by atoms with Gasteiger partial charge in [-0.1, -0.05) is 30.3 Å². The predicted octanol–water partition coefficient (Wildman–Crippen LogP) is 5.17. The Morgan fingerprint density at radius 3 is 2.82 bits per heavy atom. The van der Waals surface area contributed by atoms with Crippen molar-refractivity contribution < 1.29 is 14.3 Å². The van der Waals surface area contributed by atoms with Crippen LogP contribution in [-0.4, -0.2) is 50.4 Å². The number of fused-ring (bicyclic) bond motifs is 2. The van der Waals surface area contributed by atoms with Crippen LogP contribution in [0.2, 0.25) is 0 Å². The third-order valence-electron chi connectivity index (χ3n) is 6.67. The number of rotatable bonds is 7. The van der Waals surface area contributed by atoms with Crippen molar-refractivity contribution in [3.05, 3.63) is 84.5 Å². The Kier molecular flexibility index (Phi) is 6.25. The first kappa shape index (κ1) is 23.7. The number of hydrogen-bond donors (Lipinski definition) is 0. The molecule has 1 aliphatic rings. The molecule has 9 nitrogen and oxygen atoms in total. The summed E-state index contributed by atoms with van der Waals surface area (Å²) in [6, 6.07) is 16.2.